The van der Waals surface area contributed by atoms with E-state index in [2.05, 4.69) is 37.4 Å². The number of allylic oxidation sites excluding steroid dienone is 4. The van der Waals surface area contributed by atoms with Crippen molar-refractivity contribution in [1.29, 1.82) is 0 Å². The first-order chi connectivity index (χ1) is 16.9. The molecule has 0 saturated heterocycles. The molecule has 2 fully saturated rings. The molecule has 188 valence electrons. The summed E-state index contributed by atoms with van der Waals surface area (Å²) in [7, 11) is 0. The van der Waals surface area contributed by atoms with Crippen LogP contribution in [-0.2, 0) is 4.79 Å². The number of fused-ring (bicyclic) bond motifs is 4. The highest BCUT2D eigenvalue weighted by atomic mass is 32.2. The molecule has 4 aliphatic carbocycles. The van der Waals surface area contributed by atoms with E-state index in [0.29, 0.717) is 24.9 Å². The zero-order valence-corrected chi connectivity index (χ0v) is 21.8. The Morgan fingerprint density at radius 2 is 1.97 bits per heavy atom. The largest absolute Gasteiger partial charge is 0.493 e. The van der Waals surface area contributed by atoms with Gasteiger partial charge in [-0.15, -0.1) is 0 Å². The molecular formula is C30H38O4S. The molecule has 0 heterocycles. The van der Waals surface area contributed by atoms with Crippen molar-refractivity contribution < 1.29 is 19.7 Å². The number of hydrogen-bond donors (Lipinski definition) is 2. The summed E-state index contributed by atoms with van der Waals surface area (Å²) in [5.41, 5.74) is 4.31. The van der Waals surface area contributed by atoms with E-state index in [-0.39, 0.29) is 23.7 Å². The van der Waals surface area contributed by atoms with Crippen LogP contribution >= 0.6 is 11.8 Å². The molecule has 1 aromatic rings. The van der Waals surface area contributed by atoms with Crippen LogP contribution in [0, 0.1) is 17.3 Å². The minimum Gasteiger partial charge on any atom is -0.493 e. The lowest BCUT2D eigenvalue weighted by atomic mass is 9.51. The molecule has 2 N–H and O–H groups in total. The van der Waals surface area contributed by atoms with Crippen LogP contribution in [0.1, 0.15) is 63.4 Å². The molecule has 0 amide bonds. The van der Waals surface area contributed by atoms with Crippen molar-refractivity contribution in [1.82, 2.24) is 0 Å². The number of carbonyl (C=O) groups is 1. The van der Waals surface area contributed by atoms with Gasteiger partial charge >= 0.3 is 0 Å². The van der Waals surface area contributed by atoms with Gasteiger partial charge in [0.2, 0.25) is 0 Å². The van der Waals surface area contributed by atoms with Crippen LogP contribution in [0.4, 0.5) is 0 Å². The number of benzene rings is 1. The molecule has 4 nitrogen and oxygen atoms in total. The van der Waals surface area contributed by atoms with Gasteiger partial charge in [0.05, 0.1) is 18.8 Å². The topological polar surface area (TPSA) is 66.8 Å². The molecule has 0 spiro atoms. The van der Waals surface area contributed by atoms with Gasteiger partial charge in [-0.05, 0) is 91.5 Å². The fourth-order valence-corrected chi connectivity index (χ4v) is 7.81. The van der Waals surface area contributed by atoms with Crippen molar-refractivity contribution in [3.8, 4) is 5.75 Å². The van der Waals surface area contributed by atoms with Crippen LogP contribution in [0.5, 0.6) is 5.75 Å². The maximum atomic E-state index is 12.2. The van der Waals surface area contributed by atoms with Gasteiger partial charge in [0.15, 0.2) is 5.78 Å². The number of aliphatic hydroxyl groups excluding tert-OH is 1. The van der Waals surface area contributed by atoms with Gasteiger partial charge in [0.1, 0.15) is 5.75 Å². The van der Waals surface area contributed by atoms with Gasteiger partial charge in [-0.3, -0.25) is 4.79 Å². The fourth-order valence-electron chi connectivity index (χ4n) is 7.56. The molecule has 5 atom stereocenters. The zero-order valence-electron chi connectivity index (χ0n) is 21.0. The second-order valence-corrected chi connectivity index (χ2v) is 11.9. The number of carbonyl (C=O) groups excluding carboxylic acids is 1. The van der Waals surface area contributed by atoms with Gasteiger partial charge in [0.25, 0.3) is 0 Å². The molecule has 0 aromatic heterocycles. The average Bonchev–Trinajstić information content (AvgIpc) is 3.13. The van der Waals surface area contributed by atoms with E-state index in [1.165, 1.54) is 22.3 Å². The van der Waals surface area contributed by atoms with Crippen LogP contribution in [0.2, 0.25) is 0 Å². The second-order valence-electron chi connectivity index (χ2n) is 11.0. The summed E-state index contributed by atoms with van der Waals surface area (Å²) in [5.74, 6) is 3.16. The Morgan fingerprint density at radius 1 is 1.17 bits per heavy atom. The molecule has 2 saturated carbocycles. The van der Waals surface area contributed by atoms with E-state index in [4.69, 9.17) is 4.74 Å². The van der Waals surface area contributed by atoms with Crippen LogP contribution in [0.3, 0.4) is 0 Å². The summed E-state index contributed by atoms with van der Waals surface area (Å²) >= 11 is 1.78. The Kier molecular flexibility index (Phi) is 7.04. The first-order valence-electron chi connectivity index (χ1n) is 13.1. The van der Waals surface area contributed by atoms with Crippen LogP contribution in [-0.4, -0.2) is 46.8 Å². The highest BCUT2D eigenvalue weighted by Gasteiger charge is 2.61. The Hall–Kier alpha value is -1.82. The number of aliphatic hydroxyl groups is 2. The summed E-state index contributed by atoms with van der Waals surface area (Å²) in [5, 5.41) is 21.3. The van der Waals surface area contributed by atoms with Crippen molar-refractivity contribution >= 4 is 17.5 Å². The molecule has 0 aliphatic heterocycles. The van der Waals surface area contributed by atoms with E-state index in [9.17, 15) is 15.0 Å². The SMILES string of the molecule is CSCCOc1ccc([C@H]2C[C@@]3(C)[C@@H](CC[C@@]3(O)C=CCO)[C@@H]3CCC4=CC(=O)CCC4=C32)cc1. The smallest absolute Gasteiger partial charge is 0.156 e. The van der Waals surface area contributed by atoms with E-state index in [0.717, 1.165) is 50.0 Å². The van der Waals surface area contributed by atoms with Crippen molar-refractivity contribution in [3.63, 3.8) is 0 Å². The summed E-state index contributed by atoms with van der Waals surface area (Å²) < 4.78 is 5.91. The summed E-state index contributed by atoms with van der Waals surface area (Å²) in [6, 6.07) is 8.58. The molecule has 4 aliphatic rings. The average molecular weight is 495 g/mol. The summed E-state index contributed by atoms with van der Waals surface area (Å²) in [6.07, 6.45) is 13.6. The molecule has 5 heteroatoms. The number of ketones is 1. The zero-order chi connectivity index (χ0) is 24.6. The molecule has 35 heavy (non-hydrogen) atoms. The monoisotopic (exact) mass is 494 g/mol. The normalized spacial score (nSPS) is 34.5. The van der Waals surface area contributed by atoms with Crippen molar-refractivity contribution in [2.24, 2.45) is 17.3 Å². The third kappa shape index (κ3) is 4.34. The Bertz CT molecular complexity index is 1050. The van der Waals surface area contributed by atoms with Crippen LogP contribution < -0.4 is 4.74 Å². The summed E-state index contributed by atoms with van der Waals surface area (Å²) in [4.78, 5) is 12.2. The van der Waals surface area contributed by atoms with E-state index >= 15 is 0 Å². The predicted molar refractivity (Wildman–Crippen MR) is 142 cm³/mol. The van der Waals surface area contributed by atoms with Gasteiger partial charge in [-0.25, -0.2) is 0 Å². The van der Waals surface area contributed by atoms with Gasteiger partial charge in [-0.1, -0.05) is 36.8 Å². The third-order valence-electron chi connectivity index (χ3n) is 9.29. The van der Waals surface area contributed by atoms with E-state index < -0.39 is 5.60 Å². The predicted octanol–water partition coefficient (Wildman–Crippen LogP) is 5.61. The fraction of sp³-hybridized carbons (Fsp3) is 0.567. The van der Waals surface area contributed by atoms with Crippen molar-refractivity contribution in [3.05, 3.63) is 64.8 Å². The molecular weight excluding hydrogens is 456 g/mol. The number of thioether (sulfide) groups is 1. The van der Waals surface area contributed by atoms with E-state index in [1.54, 1.807) is 17.8 Å². The lowest BCUT2D eigenvalue weighted by Crippen LogP contribution is -2.50. The van der Waals surface area contributed by atoms with Gasteiger partial charge in [-0.2, -0.15) is 11.8 Å². The minimum atomic E-state index is -0.908. The van der Waals surface area contributed by atoms with Crippen molar-refractivity contribution in [2.75, 3.05) is 25.2 Å². The maximum Gasteiger partial charge on any atom is 0.156 e. The van der Waals surface area contributed by atoms with Crippen molar-refractivity contribution in [2.45, 2.75) is 63.4 Å². The minimum absolute atomic E-state index is 0.0502. The first-order valence-corrected chi connectivity index (χ1v) is 14.5. The lowest BCUT2D eigenvalue weighted by Gasteiger charge is -2.54. The van der Waals surface area contributed by atoms with Crippen LogP contribution in [0.15, 0.2) is 59.2 Å². The standard InChI is InChI=1S/C30H38O4S/c1-29-19-26(20-4-8-23(9-5-20)34-16-17-35-2)28-24-11-7-22(32)18-21(24)6-10-25(28)27(29)12-14-30(29,33)13-3-15-31/h3-5,8-9,13,18,25-27,31,33H,6-7,10-12,14-17,19H2,1-2H3/t25-,26+,27-,29-,30-/m0/s1. The number of ether oxygens (including phenoxy) is 1. The molecule has 0 bridgehead atoms. The van der Waals surface area contributed by atoms with Gasteiger partial charge in [0, 0.05) is 23.5 Å². The Balaban J connectivity index is 1.57. The highest BCUT2D eigenvalue weighted by molar-refractivity contribution is 7.98. The maximum absolute atomic E-state index is 12.2. The molecule has 5 rings (SSSR count). The second kappa shape index (κ2) is 9.91. The van der Waals surface area contributed by atoms with Gasteiger partial charge < -0.3 is 14.9 Å². The Morgan fingerprint density at radius 3 is 2.71 bits per heavy atom. The van der Waals surface area contributed by atoms with E-state index in [1.807, 2.05) is 12.2 Å². The molecule has 1 aromatic carbocycles. The first kappa shape index (κ1) is 24.9. The number of hydrogen-bond acceptors (Lipinski definition) is 5. The third-order valence-corrected chi connectivity index (χ3v) is 9.86. The molecule has 0 unspecified atom stereocenters. The quantitative estimate of drug-likeness (QED) is 0.381. The van der Waals surface area contributed by atoms with Crippen LogP contribution in [0.25, 0.3) is 0 Å². The molecule has 0 radical (unpaired) electrons. The summed E-state index contributed by atoms with van der Waals surface area (Å²) in [6.45, 7) is 2.93. The lowest BCUT2D eigenvalue weighted by molar-refractivity contribution is -0.114. The Labute approximate surface area is 213 Å². The highest BCUT2D eigenvalue weighted by Crippen LogP contribution is 2.67. The number of rotatable bonds is 7.